The second-order valence-corrected chi connectivity index (χ2v) is 4.25. The highest BCUT2D eigenvalue weighted by Crippen LogP contribution is 2.22. The molecule has 84 valence electrons. The summed E-state index contributed by atoms with van der Waals surface area (Å²) in [7, 11) is 1.55. The summed E-state index contributed by atoms with van der Waals surface area (Å²) in [5, 5.41) is 9.41. The van der Waals surface area contributed by atoms with Crippen LogP contribution in [-0.4, -0.2) is 31.5 Å². The molecular weight excluding hydrogens is 260 g/mol. The maximum atomic E-state index is 9.41. The van der Waals surface area contributed by atoms with E-state index in [0.29, 0.717) is 0 Å². The molecule has 0 heterocycles. The summed E-state index contributed by atoms with van der Waals surface area (Å²) in [4.78, 5) is 0. The normalized spacial score (nSPS) is 12.5. The van der Waals surface area contributed by atoms with Gasteiger partial charge in [0.1, 0.15) is 18.5 Å². The van der Waals surface area contributed by atoms with Gasteiger partial charge in [0.25, 0.3) is 0 Å². The Balaban J connectivity index is 2.53. The maximum Gasteiger partial charge on any atom is 0.123 e. The van der Waals surface area contributed by atoms with Crippen LogP contribution in [-0.2, 0) is 4.74 Å². The summed E-state index contributed by atoms with van der Waals surface area (Å²) < 4.78 is 11.2. The van der Waals surface area contributed by atoms with Crippen molar-refractivity contribution in [2.24, 2.45) is 0 Å². The third-order valence-electron chi connectivity index (χ3n) is 1.94. The lowest BCUT2D eigenvalue weighted by Gasteiger charge is -2.13. The first-order valence-electron chi connectivity index (χ1n) is 4.69. The third kappa shape index (κ3) is 4.20. The molecule has 3 nitrogen and oxygen atoms in total. The number of benzene rings is 1. The Morgan fingerprint density at radius 3 is 2.80 bits per heavy atom. The predicted octanol–water partition coefficient (Wildman–Crippen LogP) is 2.14. The molecule has 1 N–H and O–H groups in total. The number of hydrogen-bond acceptors (Lipinski definition) is 3. The Bertz CT molecular complexity index is 315. The van der Waals surface area contributed by atoms with E-state index in [1.165, 1.54) is 0 Å². The lowest BCUT2D eigenvalue weighted by Crippen LogP contribution is -2.22. The molecule has 0 aromatic heterocycles. The van der Waals surface area contributed by atoms with Gasteiger partial charge in [0.05, 0.1) is 6.61 Å². The van der Waals surface area contributed by atoms with Crippen molar-refractivity contribution in [2.75, 3.05) is 20.3 Å². The number of aliphatic hydroxyl groups is 1. The number of rotatable bonds is 5. The molecule has 15 heavy (non-hydrogen) atoms. The zero-order valence-electron chi connectivity index (χ0n) is 8.87. The minimum absolute atomic E-state index is 0.241. The molecule has 0 unspecified atom stereocenters. The van der Waals surface area contributed by atoms with E-state index in [2.05, 4.69) is 15.9 Å². The third-order valence-corrected chi connectivity index (χ3v) is 2.43. The molecule has 0 aliphatic rings. The average molecular weight is 275 g/mol. The van der Waals surface area contributed by atoms with Crippen LogP contribution in [0, 0.1) is 6.92 Å². The summed E-state index contributed by atoms with van der Waals surface area (Å²) in [6.07, 6.45) is -0.589. The summed E-state index contributed by atoms with van der Waals surface area (Å²) in [5.74, 6) is 0.777. The van der Waals surface area contributed by atoms with Gasteiger partial charge in [-0.15, -0.1) is 0 Å². The molecule has 0 saturated carbocycles. The topological polar surface area (TPSA) is 38.7 Å². The molecule has 0 aliphatic heterocycles. The highest BCUT2D eigenvalue weighted by Gasteiger charge is 2.06. The number of halogens is 1. The minimum atomic E-state index is -0.589. The van der Waals surface area contributed by atoms with E-state index < -0.39 is 6.10 Å². The quantitative estimate of drug-likeness (QED) is 0.894. The van der Waals surface area contributed by atoms with Crippen LogP contribution in [0.1, 0.15) is 5.56 Å². The number of ether oxygens (including phenoxy) is 2. The van der Waals surface area contributed by atoms with Crippen molar-refractivity contribution >= 4 is 15.9 Å². The molecule has 1 atom stereocenters. The molecule has 0 aliphatic carbocycles. The number of aryl methyl sites for hydroxylation is 1. The largest absolute Gasteiger partial charge is 0.490 e. The first-order chi connectivity index (χ1) is 7.13. The predicted molar refractivity (Wildman–Crippen MR) is 62.3 cm³/mol. The van der Waals surface area contributed by atoms with Crippen molar-refractivity contribution in [3.05, 3.63) is 28.2 Å². The standard InChI is InChI=1S/C11H15BrO3/c1-8-3-4-9(12)5-11(8)15-7-10(13)6-14-2/h3-5,10,13H,6-7H2,1-2H3/t10-/m0/s1. The molecule has 1 aromatic carbocycles. The Kier molecular flexibility index (Phi) is 5.08. The molecule has 0 spiro atoms. The van der Waals surface area contributed by atoms with Crippen LogP contribution in [0.2, 0.25) is 0 Å². The fraction of sp³-hybridized carbons (Fsp3) is 0.455. The molecule has 1 aromatic rings. The zero-order chi connectivity index (χ0) is 11.3. The summed E-state index contributed by atoms with van der Waals surface area (Å²) >= 11 is 3.37. The van der Waals surface area contributed by atoms with Crippen LogP contribution in [0.5, 0.6) is 5.75 Å². The van der Waals surface area contributed by atoms with Gasteiger partial charge in [0.2, 0.25) is 0 Å². The van der Waals surface area contributed by atoms with Crippen molar-refractivity contribution in [3.63, 3.8) is 0 Å². The van der Waals surface area contributed by atoms with Gasteiger partial charge in [-0.2, -0.15) is 0 Å². The fourth-order valence-corrected chi connectivity index (χ4v) is 1.50. The molecule has 1 rings (SSSR count). The van der Waals surface area contributed by atoms with Crippen molar-refractivity contribution in [1.29, 1.82) is 0 Å². The average Bonchev–Trinajstić information content (AvgIpc) is 2.20. The van der Waals surface area contributed by atoms with Gasteiger partial charge in [-0.25, -0.2) is 0 Å². The Morgan fingerprint density at radius 1 is 1.40 bits per heavy atom. The fourth-order valence-electron chi connectivity index (χ4n) is 1.16. The maximum absolute atomic E-state index is 9.41. The molecular formula is C11H15BrO3. The van der Waals surface area contributed by atoms with Crippen molar-refractivity contribution in [3.8, 4) is 5.75 Å². The van der Waals surface area contributed by atoms with Gasteiger partial charge in [0.15, 0.2) is 0 Å². The first-order valence-corrected chi connectivity index (χ1v) is 5.48. The minimum Gasteiger partial charge on any atom is -0.490 e. The van der Waals surface area contributed by atoms with Crippen LogP contribution in [0.4, 0.5) is 0 Å². The van der Waals surface area contributed by atoms with Crippen LogP contribution < -0.4 is 4.74 Å². The van der Waals surface area contributed by atoms with Crippen LogP contribution in [0.15, 0.2) is 22.7 Å². The highest BCUT2D eigenvalue weighted by atomic mass is 79.9. The lowest BCUT2D eigenvalue weighted by atomic mass is 10.2. The van der Waals surface area contributed by atoms with Gasteiger partial charge in [-0.1, -0.05) is 22.0 Å². The molecule has 0 saturated heterocycles. The van der Waals surface area contributed by atoms with Gasteiger partial charge in [0, 0.05) is 11.6 Å². The molecule has 0 bridgehead atoms. The van der Waals surface area contributed by atoms with E-state index in [1.807, 2.05) is 25.1 Å². The van der Waals surface area contributed by atoms with Crippen LogP contribution in [0.3, 0.4) is 0 Å². The van der Waals surface area contributed by atoms with E-state index >= 15 is 0 Å². The Labute approximate surface area is 98.1 Å². The molecule has 0 radical (unpaired) electrons. The number of aliphatic hydroxyl groups excluding tert-OH is 1. The van der Waals surface area contributed by atoms with Crippen LogP contribution >= 0.6 is 15.9 Å². The second-order valence-electron chi connectivity index (χ2n) is 3.33. The monoisotopic (exact) mass is 274 g/mol. The molecule has 0 fully saturated rings. The van der Waals surface area contributed by atoms with E-state index in [-0.39, 0.29) is 13.2 Å². The Morgan fingerprint density at radius 2 is 2.13 bits per heavy atom. The Hall–Kier alpha value is -0.580. The van der Waals surface area contributed by atoms with E-state index in [4.69, 9.17) is 9.47 Å². The number of methoxy groups -OCH3 is 1. The summed E-state index contributed by atoms with van der Waals surface area (Å²) in [6.45, 7) is 2.49. The summed E-state index contributed by atoms with van der Waals surface area (Å²) in [6, 6.07) is 5.80. The molecule has 0 amide bonds. The van der Waals surface area contributed by atoms with Gasteiger partial charge in [-0.05, 0) is 24.6 Å². The smallest absolute Gasteiger partial charge is 0.123 e. The lowest BCUT2D eigenvalue weighted by molar-refractivity contribution is 0.0324. The van der Waals surface area contributed by atoms with Crippen molar-refractivity contribution in [2.45, 2.75) is 13.0 Å². The molecule has 4 heteroatoms. The van der Waals surface area contributed by atoms with E-state index in [1.54, 1.807) is 7.11 Å². The van der Waals surface area contributed by atoms with Crippen molar-refractivity contribution in [1.82, 2.24) is 0 Å². The van der Waals surface area contributed by atoms with Gasteiger partial charge < -0.3 is 14.6 Å². The second kappa shape index (κ2) is 6.10. The van der Waals surface area contributed by atoms with E-state index in [9.17, 15) is 5.11 Å². The summed E-state index contributed by atoms with van der Waals surface area (Å²) in [5.41, 5.74) is 1.04. The van der Waals surface area contributed by atoms with E-state index in [0.717, 1.165) is 15.8 Å². The van der Waals surface area contributed by atoms with Crippen molar-refractivity contribution < 1.29 is 14.6 Å². The van der Waals surface area contributed by atoms with Gasteiger partial charge in [-0.3, -0.25) is 0 Å². The SMILES string of the molecule is COC[C@H](O)COc1cc(Br)ccc1C. The zero-order valence-corrected chi connectivity index (χ0v) is 10.5. The van der Waals surface area contributed by atoms with Gasteiger partial charge >= 0.3 is 0 Å². The number of hydrogen-bond donors (Lipinski definition) is 1. The first kappa shape index (κ1) is 12.5. The highest BCUT2D eigenvalue weighted by molar-refractivity contribution is 9.10. The van der Waals surface area contributed by atoms with Crippen LogP contribution in [0.25, 0.3) is 0 Å².